The number of halogens is 2. The molecule has 2 aromatic carbocycles. The van der Waals surface area contributed by atoms with Crippen LogP contribution in [0.5, 0.6) is 0 Å². The van der Waals surface area contributed by atoms with E-state index in [0.29, 0.717) is 21.3 Å². The van der Waals surface area contributed by atoms with Gasteiger partial charge in [-0.15, -0.1) is 0 Å². The van der Waals surface area contributed by atoms with E-state index in [1.54, 1.807) is 38.1 Å². The Bertz CT molecular complexity index is 914. The van der Waals surface area contributed by atoms with Gasteiger partial charge in [-0.2, -0.15) is 4.72 Å². The summed E-state index contributed by atoms with van der Waals surface area (Å²) < 4.78 is 27.5. The first-order chi connectivity index (χ1) is 11.6. The second kappa shape index (κ2) is 7.74. The summed E-state index contributed by atoms with van der Waals surface area (Å²) in [6.07, 6.45) is 0. The van der Waals surface area contributed by atoms with E-state index in [1.807, 2.05) is 6.07 Å². The number of sulfonamides is 1. The molecular weight excluding hydrogens is 383 g/mol. The summed E-state index contributed by atoms with van der Waals surface area (Å²) in [5.74, 6) is -0.507. The average Bonchev–Trinajstić information content (AvgIpc) is 2.52. The highest BCUT2D eigenvalue weighted by atomic mass is 35.5. The Morgan fingerprint density at radius 2 is 1.72 bits per heavy atom. The van der Waals surface area contributed by atoms with Crippen molar-refractivity contribution in [2.45, 2.75) is 31.7 Å². The third-order valence-corrected chi connectivity index (χ3v) is 5.97. The number of nitrogens with one attached hydrogen (secondary N) is 2. The molecule has 0 aliphatic rings. The van der Waals surface area contributed by atoms with E-state index in [-0.39, 0.29) is 4.90 Å². The van der Waals surface area contributed by atoms with E-state index in [0.717, 1.165) is 5.56 Å². The SMILES string of the molecule is Cc1ccc(C)c(S(=O)(=O)N[C@H](C)C(=O)Nc2ccc(Cl)c(Cl)c2)c1. The molecule has 0 aliphatic heterocycles. The maximum absolute atomic E-state index is 12.5. The third-order valence-electron chi connectivity index (χ3n) is 3.55. The minimum Gasteiger partial charge on any atom is -0.325 e. The van der Waals surface area contributed by atoms with Crippen molar-refractivity contribution >= 4 is 44.8 Å². The monoisotopic (exact) mass is 400 g/mol. The molecule has 2 N–H and O–H groups in total. The summed E-state index contributed by atoms with van der Waals surface area (Å²) in [6, 6.07) is 8.77. The maximum atomic E-state index is 12.5. The van der Waals surface area contributed by atoms with E-state index >= 15 is 0 Å². The highest BCUT2D eigenvalue weighted by Gasteiger charge is 2.23. The van der Waals surface area contributed by atoms with Gasteiger partial charge in [0, 0.05) is 5.69 Å². The van der Waals surface area contributed by atoms with Crippen LogP contribution in [0.1, 0.15) is 18.1 Å². The molecule has 8 heteroatoms. The number of aryl methyl sites for hydroxylation is 2. The Hall–Kier alpha value is -1.60. The fourth-order valence-corrected chi connectivity index (χ4v) is 4.00. The number of hydrogen-bond acceptors (Lipinski definition) is 3. The van der Waals surface area contributed by atoms with Crippen LogP contribution in [0.25, 0.3) is 0 Å². The van der Waals surface area contributed by atoms with Crippen LogP contribution in [0.3, 0.4) is 0 Å². The Labute approximate surface area is 157 Å². The molecule has 1 amide bonds. The standard InChI is InChI=1S/C17H18Cl2N2O3S/c1-10-4-5-11(2)16(8-10)25(23,24)21-12(3)17(22)20-13-6-7-14(18)15(19)9-13/h4-9,12,21H,1-3H3,(H,20,22)/t12-/m1/s1. The molecule has 134 valence electrons. The molecule has 0 heterocycles. The minimum absolute atomic E-state index is 0.154. The number of rotatable bonds is 5. The minimum atomic E-state index is -3.82. The number of benzene rings is 2. The van der Waals surface area contributed by atoms with Crippen LogP contribution in [0.15, 0.2) is 41.3 Å². The first-order valence-corrected chi connectivity index (χ1v) is 9.69. The van der Waals surface area contributed by atoms with Crippen LogP contribution < -0.4 is 10.0 Å². The van der Waals surface area contributed by atoms with Gasteiger partial charge in [-0.1, -0.05) is 35.3 Å². The lowest BCUT2D eigenvalue weighted by atomic mass is 10.2. The molecule has 0 fully saturated rings. The average molecular weight is 401 g/mol. The smallest absolute Gasteiger partial charge is 0.242 e. The van der Waals surface area contributed by atoms with Gasteiger partial charge in [0.2, 0.25) is 15.9 Å². The topological polar surface area (TPSA) is 75.3 Å². The van der Waals surface area contributed by atoms with Crippen molar-refractivity contribution in [1.82, 2.24) is 4.72 Å². The number of amides is 1. The number of hydrogen-bond donors (Lipinski definition) is 2. The zero-order valence-electron chi connectivity index (χ0n) is 13.9. The summed E-state index contributed by atoms with van der Waals surface area (Å²) >= 11 is 11.7. The van der Waals surface area contributed by atoms with Crippen LogP contribution >= 0.6 is 23.2 Å². The Morgan fingerprint density at radius 1 is 1.04 bits per heavy atom. The molecule has 1 atom stereocenters. The maximum Gasteiger partial charge on any atom is 0.242 e. The Balaban J connectivity index is 2.14. The molecule has 0 saturated carbocycles. The van der Waals surface area contributed by atoms with Crippen molar-refractivity contribution in [2.24, 2.45) is 0 Å². The van der Waals surface area contributed by atoms with Gasteiger partial charge in [0.1, 0.15) is 0 Å². The van der Waals surface area contributed by atoms with Gasteiger partial charge in [-0.05, 0) is 56.2 Å². The highest BCUT2D eigenvalue weighted by molar-refractivity contribution is 7.89. The number of anilines is 1. The van der Waals surface area contributed by atoms with Crippen molar-refractivity contribution in [2.75, 3.05) is 5.32 Å². The Kier molecular flexibility index (Phi) is 6.11. The van der Waals surface area contributed by atoms with Gasteiger partial charge in [0.05, 0.1) is 21.0 Å². The van der Waals surface area contributed by atoms with Crippen LogP contribution in [0, 0.1) is 13.8 Å². The van der Waals surface area contributed by atoms with Crippen LogP contribution in [-0.2, 0) is 14.8 Å². The molecule has 2 aromatic rings. The van der Waals surface area contributed by atoms with E-state index in [4.69, 9.17) is 23.2 Å². The quantitative estimate of drug-likeness (QED) is 0.798. The molecule has 0 aliphatic carbocycles. The summed E-state index contributed by atoms with van der Waals surface area (Å²) in [5.41, 5.74) is 1.85. The molecule has 0 aromatic heterocycles. The predicted molar refractivity (Wildman–Crippen MR) is 101 cm³/mol. The van der Waals surface area contributed by atoms with Gasteiger partial charge < -0.3 is 5.32 Å². The molecule has 0 bridgehead atoms. The first-order valence-electron chi connectivity index (χ1n) is 7.45. The van der Waals surface area contributed by atoms with Crippen molar-refractivity contribution in [3.8, 4) is 0 Å². The van der Waals surface area contributed by atoms with Gasteiger partial charge in [0.15, 0.2) is 0 Å². The Morgan fingerprint density at radius 3 is 2.36 bits per heavy atom. The number of carbonyl (C=O) groups is 1. The van der Waals surface area contributed by atoms with Crippen LogP contribution in [-0.4, -0.2) is 20.4 Å². The normalized spacial score (nSPS) is 12.7. The van der Waals surface area contributed by atoms with Crippen molar-refractivity contribution < 1.29 is 13.2 Å². The van der Waals surface area contributed by atoms with Crippen molar-refractivity contribution in [3.63, 3.8) is 0 Å². The zero-order valence-corrected chi connectivity index (χ0v) is 16.3. The summed E-state index contributed by atoms with van der Waals surface area (Å²) in [4.78, 5) is 12.4. The van der Waals surface area contributed by atoms with E-state index in [9.17, 15) is 13.2 Å². The van der Waals surface area contributed by atoms with Crippen LogP contribution in [0.4, 0.5) is 5.69 Å². The molecule has 0 unspecified atom stereocenters. The molecule has 0 spiro atoms. The van der Waals surface area contributed by atoms with E-state index in [2.05, 4.69) is 10.0 Å². The largest absolute Gasteiger partial charge is 0.325 e. The fraction of sp³-hybridized carbons (Fsp3) is 0.235. The molecule has 2 rings (SSSR count). The second-order valence-corrected chi connectivity index (χ2v) is 8.23. The van der Waals surface area contributed by atoms with E-state index in [1.165, 1.54) is 13.0 Å². The first kappa shape index (κ1) is 19.7. The van der Waals surface area contributed by atoms with Gasteiger partial charge in [0.25, 0.3) is 0 Å². The summed E-state index contributed by atoms with van der Waals surface area (Å²) in [7, 11) is -3.82. The number of carbonyl (C=O) groups excluding carboxylic acids is 1. The van der Waals surface area contributed by atoms with Gasteiger partial charge in [-0.25, -0.2) is 8.42 Å². The summed E-state index contributed by atoms with van der Waals surface area (Å²) in [5, 5.41) is 3.26. The van der Waals surface area contributed by atoms with Crippen molar-refractivity contribution in [3.05, 3.63) is 57.6 Å². The third kappa shape index (κ3) is 4.95. The van der Waals surface area contributed by atoms with Crippen LogP contribution in [0.2, 0.25) is 10.0 Å². The predicted octanol–water partition coefficient (Wildman–Crippen LogP) is 3.92. The molecule has 0 radical (unpaired) electrons. The van der Waals surface area contributed by atoms with Crippen molar-refractivity contribution in [1.29, 1.82) is 0 Å². The zero-order chi connectivity index (χ0) is 18.8. The second-order valence-electron chi connectivity index (χ2n) is 5.73. The summed E-state index contributed by atoms with van der Waals surface area (Å²) in [6.45, 7) is 4.98. The molecule has 25 heavy (non-hydrogen) atoms. The fourth-order valence-electron chi connectivity index (χ4n) is 2.17. The lowest BCUT2D eigenvalue weighted by molar-refractivity contribution is -0.117. The van der Waals surface area contributed by atoms with Gasteiger partial charge >= 0.3 is 0 Å². The van der Waals surface area contributed by atoms with E-state index < -0.39 is 22.0 Å². The molecule has 5 nitrogen and oxygen atoms in total. The molecule has 0 saturated heterocycles. The molecular formula is C17H18Cl2N2O3S. The highest BCUT2D eigenvalue weighted by Crippen LogP contribution is 2.25. The lowest BCUT2D eigenvalue weighted by Crippen LogP contribution is -2.41. The lowest BCUT2D eigenvalue weighted by Gasteiger charge is -2.16. The van der Waals surface area contributed by atoms with Gasteiger partial charge in [-0.3, -0.25) is 4.79 Å².